The summed E-state index contributed by atoms with van der Waals surface area (Å²) < 4.78 is 3.71. The normalized spacial score (nSPS) is 19.2. The van der Waals surface area contributed by atoms with E-state index in [0.717, 1.165) is 31.4 Å². The summed E-state index contributed by atoms with van der Waals surface area (Å²) in [7, 11) is 0. The van der Waals surface area contributed by atoms with Crippen molar-refractivity contribution in [2.24, 2.45) is 5.92 Å². The van der Waals surface area contributed by atoms with Crippen molar-refractivity contribution in [1.29, 1.82) is 0 Å². The molecule has 32 heavy (non-hydrogen) atoms. The third-order valence-electron chi connectivity index (χ3n) is 6.60. The number of nitrogens with zero attached hydrogens (tertiary/aromatic N) is 4. The molecule has 2 amide bonds. The van der Waals surface area contributed by atoms with Crippen LogP contribution in [0.4, 0.5) is 0 Å². The van der Waals surface area contributed by atoms with Crippen LogP contribution in [0.1, 0.15) is 48.9 Å². The Morgan fingerprint density at radius 2 is 1.69 bits per heavy atom. The van der Waals surface area contributed by atoms with Crippen LogP contribution in [0.25, 0.3) is 11.5 Å². The third-order valence-corrected chi connectivity index (χ3v) is 6.60. The first-order valence-corrected chi connectivity index (χ1v) is 11.6. The van der Waals surface area contributed by atoms with Crippen LogP contribution < -0.4 is 5.32 Å². The summed E-state index contributed by atoms with van der Waals surface area (Å²) in [6.07, 6.45) is 11.7. The SMILES string of the molecule is O=C(NC1CCCC1)[C@H]1CCCN(C(=O)c2cnn(-c3ccccc3)c2-n2cccc2)C1. The highest BCUT2D eigenvalue weighted by Gasteiger charge is 2.32. The Labute approximate surface area is 188 Å². The molecule has 1 N–H and O–H groups in total. The lowest BCUT2D eigenvalue weighted by Gasteiger charge is -2.32. The molecule has 2 aliphatic rings. The number of benzene rings is 1. The second-order valence-electron chi connectivity index (χ2n) is 8.80. The van der Waals surface area contributed by atoms with Crippen LogP contribution in [-0.4, -0.2) is 50.2 Å². The van der Waals surface area contributed by atoms with Gasteiger partial charge in [0.1, 0.15) is 5.56 Å². The van der Waals surface area contributed by atoms with E-state index in [1.807, 2.05) is 64.3 Å². The van der Waals surface area contributed by atoms with Crippen LogP contribution in [-0.2, 0) is 4.79 Å². The molecule has 1 aromatic carbocycles. The fourth-order valence-corrected chi connectivity index (χ4v) is 4.91. The largest absolute Gasteiger partial charge is 0.353 e. The van der Waals surface area contributed by atoms with Gasteiger partial charge in [-0.15, -0.1) is 0 Å². The molecule has 0 unspecified atom stereocenters. The van der Waals surface area contributed by atoms with Gasteiger partial charge in [0.05, 0.1) is 17.8 Å². The first kappa shape index (κ1) is 20.5. The van der Waals surface area contributed by atoms with Crippen LogP contribution in [0, 0.1) is 5.92 Å². The molecule has 166 valence electrons. The van der Waals surface area contributed by atoms with E-state index in [9.17, 15) is 9.59 Å². The zero-order chi connectivity index (χ0) is 21.9. The number of piperidine rings is 1. The molecule has 0 radical (unpaired) electrons. The Hall–Kier alpha value is -3.35. The summed E-state index contributed by atoms with van der Waals surface area (Å²) >= 11 is 0. The fourth-order valence-electron chi connectivity index (χ4n) is 4.91. The number of amides is 2. The van der Waals surface area contributed by atoms with Gasteiger partial charge in [0.25, 0.3) is 5.91 Å². The number of rotatable bonds is 5. The zero-order valence-corrected chi connectivity index (χ0v) is 18.2. The molecule has 7 nitrogen and oxygen atoms in total. The predicted octanol–water partition coefficient (Wildman–Crippen LogP) is 3.57. The van der Waals surface area contributed by atoms with E-state index in [4.69, 9.17) is 0 Å². The number of likely N-dealkylation sites (tertiary alicyclic amines) is 1. The van der Waals surface area contributed by atoms with Gasteiger partial charge in [0.2, 0.25) is 5.91 Å². The summed E-state index contributed by atoms with van der Waals surface area (Å²) in [6, 6.07) is 14.0. The minimum absolute atomic E-state index is 0.0748. The first-order chi connectivity index (χ1) is 15.7. The molecule has 3 aromatic rings. The molecule has 0 spiro atoms. The zero-order valence-electron chi connectivity index (χ0n) is 18.2. The van der Waals surface area contributed by atoms with E-state index >= 15 is 0 Å². The second kappa shape index (κ2) is 9.02. The van der Waals surface area contributed by atoms with Crippen molar-refractivity contribution in [3.8, 4) is 11.5 Å². The Morgan fingerprint density at radius 1 is 0.938 bits per heavy atom. The molecule has 1 saturated heterocycles. The molecular formula is C25H29N5O2. The monoisotopic (exact) mass is 431 g/mol. The maximum absolute atomic E-state index is 13.6. The number of hydrogen-bond donors (Lipinski definition) is 1. The lowest BCUT2D eigenvalue weighted by atomic mass is 9.96. The summed E-state index contributed by atoms with van der Waals surface area (Å²) in [5.74, 6) is 0.588. The van der Waals surface area contributed by atoms with E-state index in [2.05, 4.69) is 10.4 Å². The Kier molecular flexibility index (Phi) is 5.79. The highest BCUT2D eigenvalue weighted by atomic mass is 16.2. The van der Waals surface area contributed by atoms with Gasteiger partial charge in [-0.05, 0) is 49.9 Å². The summed E-state index contributed by atoms with van der Waals surface area (Å²) in [6.45, 7) is 1.12. The van der Waals surface area contributed by atoms with E-state index < -0.39 is 0 Å². The van der Waals surface area contributed by atoms with Gasteiger partial charge in [0, 0.05) is 31.5 Å². The Balaban J connectivity index is 1.39. The maximum atomic E-state index is 13.6. The Bertz CT molecular complexity index is 1070. The van der Waals surface area contributed by atoms with Crippen LogP contribution in [0.3, 0.4) is 0 Å². The van der Waals surface area contributed by atoms with E-state index in [1.54, 1.807) is 10.9 Å². The summed E-state index contributed by atoms with van der Waals surface area (Å²) in [4.78, 5) is 28.3. The number of nitrogens with one attached hydrogen (secondary N) is 1. The first-order valence-electron chi connectivity index (χ1n) is 11.6. The molecule has 3 heterocycles. The minimum Gasteiger partial charge on any atom is -0.353 e. The van der Waals surface area contributed by atoms with E-state index in [0.29, 0.717) is 30.5 Å². The van der Waals surface area contributed by atoms with Crippen molar-refractivity contribution in [2.45, 2.75) is 44.6 Å². The van der Waals surface area contributed by atoms with Crippen LogP contribution >= 0.6 is 0 Å². The summed E-state index contributed by atoms with van der Waals surface area (Å²) in [5, 5.41) is 7.76. The molecule has 0 bridgehead atoms. The van der Waals surface area contributed by atoms with Crippen molar-refractivity contribution in [3.63, 3.8) is 0 Å². The van der Waals surface area contributed by atoms with Gasteiger partial charge in [0.15, 0.2) is 5.82 Å². The molecule has 1 aliphatic carbocycles. The molecule has 7 heteroatoms. The number of aromatic nitrogens is 3. The maximum Gasteiger partial charge on any atom is 0.259 e. The minimum atomic E-state index is -0.146. The number of carbonyl (C=O) groups excluding carboxylic acids is 2. The number of para-hydroxylation sites is 1. The van der Waals surface area contributed by atoms with E-state index in [-0.39, 0.29) is 17.7 Å². The molecule has 1 aliphatic heterocycles. The highest BCUT2D eigenvalue weighted by molar-refractivity contribution is 5.97. The van der Waals surface area contributed by atoms with Gasteiger partial charge in [-0.25, -0.2) is 4.68 Å². The van der Waals surface area contributed by atoms with E-state index in [1.165, 1.54) is 12.8 Å². The van der Waals surface area contributed by atoms with Crippen molar-refractivity contribution < 1.29 is 9.59 Å². The second-order valence-corrected chi connectivity index (χ2v) is 8.80. The molecule has 2 fully saturated rings. The lowest BCUT2D eigenvalue weighted by Crippen LogP contribution is -2.47. The average Bonchev–Trinajstić information content (AvgIpc) is 3.60. The summed E-state index contributed by atoms with van der Waals surface area (Å²) in [5.41, 5.74) is 1.43. The van der Waals surface area contributed by atoms with Crippen LogP contribution in [0.15, 0.2) is 61.1 Å². The quantitative estimate of drug-likeness (QED) is 0.671. The van der Waals surface area contributed by atoms with Crippen molar-refractivity contribution in [1.82, 2.24) is 24.6 Å². The average molecular weight is 432 g/mol. The predicted molar refractivity (Wildman–Crippen MR) is 122 cm³/mol. The lowest BCUT2D eigenvalue weighted by molar-refractivity contribution is -0.127. The Morgan fingerprint density at radius 3 is 2.44 bits per heavy atom. The standard InChI is InChI=1S/C25H29N5O2/c31-23(27-20-10-4-5-11-20)19-9-8-16-29(18-19)25(32)22-17-26-30(21-12-2-1-3-13-21)24(22)28-14-6-7-15-28/h1-3,6-7,12-15,17,19-20H,4-5,8-11,16,18H2,(H,27,31)/t19-/m0/s1. The van der Waals surface area contributed by atoms with Gasteiger partial charge in [-0.1, -0.05) is 31.0 Å². The third kappa shape index (κ3) is 4.07. The smallest absolute Gasteiger partial charge is 0.259 e. The molecule has 2 aromatic heterocycles. The van der Waals surface area contributed by atoms with Crippen LogP contribution in [0.5, 0.6) is 0 Å². The fraction of sp³-hybridized carbons (Fsp3) is 0.400. The molecule has 5 rings (SSSR count). The molecular weight excluding hydrogens is 402 g/mol. The highest BCUT2D eigenvalue weighted by Crippen LogP contribution is 2.25. The topological polar surface area (TPSA) is 72.2 Å². The molecule has 1 saturated carbocycles. The van der Waals surface area contributed by atoms with Gasteiger partial charge in [-0.3, -0.25) is 9.59 Å². The van der Waals surface area contributed by atoms with Gasteiger partial charge < -0.3 is 14.8 Å². The number of carbonyl (C=O) groups is 2. The van der Waals surface area contributed by atoms with Crippen molar-refractivity contribution >= 4 is 11.8 Å². The number of hydrogen-bond acceptors (Lipinski definition) is 3. The van der Waals surface area contributed by atoms with Crippen LogP contribution in [0.2, 0.25) is 0 Å². The van der Waals surface area contributed by atoms with Crippen molar-refractivity contribution in [3.05, 3.63) is 66.6 Å². The van der Waals surface area contributed by atoms with Gasteiger partial charge in [-0.2, -0.15) is 5.10 Å². The van der Waals surface area contributed by atoms with Crippen molar-refractivity contribution in [2.75, 3.05) is 13.1 Å². The van der Waals surface area contributed by atoms with Gasteiger partial charge >= 0.3 is 0 Å². The molecule has 1 atom stereocenters.